The molecule has 1 aromatic carbocycles. The Labute approximate surface area is 149 Å². The van der Waals surface area contributed by atoms with Gasteiger partial charge in [0.05, 0.1) is 40.7 Å². The monoisotopic (exact) mass is 365 g/mol. The van der Waals surface area contributed by atoms with Gasteiger partial charge in [0.2, 0.25) is 0 Å². The van der Waals surface area contributed by atoms with E-state index in [9.17, 15) is 25.0 Å². The van der Waals surface area contributed by atoms with Crippen molar-refractivity contribution in [3.8, 4) is 0 Å². The summed E-state index contributed by atoms with van der Waals surface area (Å²) in [6, 6.07) is 1.67. The predicted octanol–water partition coefficient (Wildman–Crippen LogP) is 2.18. The van der Waals surface area contributed by atoms with Gasteiger partial charge in [0.1, 0.15) is 0 Å². The number of nitro benzene ring substituents is 2. The van der Waals surface area contributed by atoms with Gasteiger partial charge in [-0.1, -0.05) is 0 Å². The topological polar surface area (TPSA) is 125 Å². The lowest BCUT2D eigenvalue weighted by molar-refractivity contribution is -0.394. The summed E-state index contributed by atoms with van der Waals surface area (Å²) in [6.45, 7) is 2.77. The van der Waals surface area contributed by atoms with Crippen LogP contribution in [-0.4, -0.2) is 52.7 Å². The van der Waals surface area contributed by atoms with Crippen molar-refractivity contribution in [1.82, 2.24) is 4.90 Å². The zero-order valence-electron chi connectivity index (χ0n) is 14.3. The number of likely N-dealkylation sites (tertiary alicyclic amines) is 1. The van der Waals surface area contributed by atoms with E-state index < -0.39 is 33.4 Å². The number of nitro groups is 2. The van der Waals surface area contributed by atoms with Crippen LogP contribution in [0.3, 0.4) is 0 Å². The number of piperidine rings is 1. The molecule has 2 aliphatic heterocycles. The van der Waals surface area contributed by atoms with Gasteiger partial charge in [0, 0.05) is 18.2 Å². The van der Waals surface area contributed by atoms with Gasteiger partial charge in [-0.3, -0.25) is 25.0 Å². The number of nitrogens with zero attached hydrogens (tertiary/aromatic N) is 3. The molecule has 2 saturated heterocycles. The molecule has 3 rings (SSSR count). The first-order chi connectivity index (χ1) is 12.4. The lowest BCUT2D eigenvalue weighted by Crippen LogP contribution is -2.50. The zero-order valence-corrected chi connectivity index (χ0v) is 14.3. The summed E-state index contributed by atoms with van der Waals surface area (Å²) in [5.74, 6) is -0.474. The van der Waals surface area contributed by atoms with Crippen LogP contribution in [0.5, 0.6) is 0 Å². The number of hydrogen-bond donors (Lipinski definition) is 0. The van der Waals surface area contributed by atoms with Gasteiger partial charge >= 0.3 is 0 Å². The summed E-state index contributed by atoms with van der Waals surface area (Å²) >= 11 is 0. The number of non-ortho nitro benzene ring substituents is 1. The molecule has 140 valence electrons. The van der Waals surface area contributed by atoms with Crippen molar-refractivity contribution in [2.24, 2.45) is 0 Å². The van der Waals surface area contributed by atoms with Crippen molar-refractivity contribution in [1.29, 1.82) is 0 Å². The fourth-order valence-corrected chi connectivity index (χ4v) is 3.45. The second-order valence-electron chi connectivity index (χ2n) is 6.32. The van der Waals surface area contributed by atoms with Crippen molar-refractivity contribution in [3.63, 3.8) is 0 Å². The SMILES string of the molecule is Cc1c(C(=O)N2CCCCC2C2OCCO2)cc([N+](=O)[O-])cc1[N+](=O)[O-]. The molecule has 0 bridgehead atoms. The molecule has 1 aromatic rings. The number of carbonyl (C=O) groups excluding carboxylic acids is 1. The van der Waals surface area contributed by atoms with E-state index in [1.807, 2.05) is 0 Å². The van der Waals surface area contributed by atoms with Gasteiger partial charge in [-0.05, 0) is 26.2 Å². The maximum absolute atomic E-state index is 13.1. The van der Waals surface area contributed by atoms with Crippen LogP contribution in [0.4, 0.5) is 11.4 Å². The minimum atomic E-state index is -0.736. The number of benzene rings is 1. The van der Waals surface area contributed by atoms with Gasteiger partial charge in [-0.15, -0.1) is 0 Å². The van der Waals surface area contributed by atoms with E-state index >= 15 is 0 Å². The van der Waals surface area contributed by atoms with Crippen LogP contribution >= 0.6 is 0 Å². The molecule has 1 atom stereocenters. The lowest BCUT2D eigenvalue weighted by Gasteiger charge is -2.38. The standard InChI is InChI=1S/C16H19N3O7/c1-10-12(8-11(18(21)22)9-14(10)19(23)24)15(20)17-5-3-2-4-13(17)16-25-6-7-26-16/h8-9,13,16H,2-7H2,1H3. The highest BCUT2D eigenvalue weighted by atomic mass is 16.7. The Bertz CT molecular complexity index is 746. The van der Waals surface area contributed by atoms with Crippen LogP contribution in [0.25, 0.3) is 0 Å². The number of carbonyl (C=O) groups is 1. The molecule has 1 unspecified atom stereocenters. The maximum atomic E-state index is 13.1. The van der Waals surface area contributed by atoms with Crippen LogP contribution in [0.1, 0.15) is 35.2 Å². The third-order valence-corrected chi connectivity index (χ3v) is 4.77. The Morgan fingerprint density at radius 3 is 2.46 bits per heavy atom. The average Bonchev–Trinajstić information content (AvgIpc) is 3.15. The molecular weight excluding hydrogens is 346 g/mol. The first kappa shape index (κ1) is 18.2. The summed E-state index contributed by atoms with van der Waals surface area (Å²) < 4.78 is 11.1. The van der Waals surface area contributed by atoms with E-state index in [1.54, 1.807) is 4.90 Å². The summed E-state index contributed by atoms with van der Waals surface area (Å²) in [5.41, 5.74) is -0.837. The number of amides is 1. The Balaban J connectivity index is 1.99. The van der Waals surface area contributed by atoms with Crippen molar-refractivity contribution in [2.45, 2.75) is 38.5 Å². The molecular formula is C16H19N3O7. The van der Waals surface area contributed by atoms with E-state index in [0.29, 0.717) is 26.2 Å². The molecule has 0 aromatic heterocycles. The molecule has 0 spiro atoms. The fourth-order valence-electron chi connectivity index (χ4n) is 3.45. The molecule has 2 heterocycles. The highest BCUT2D eigenvalue weighted by Crippen LogP contribution is 2.31. The van der Waals surface area contributed by atoms with Crippen molar-refractivity contribution >= 4 is 17.3 Å². The summed E-state index contributed by atoms with van der Waals surface area (Å²) in [6.07, 6.45) is 1.84. The molecule has 10 nitrogen and oxygen atoms in total. The van der Waals surface area contributed by atoms with Gasteiger partial charge in [-0.2, -0.15) is 0 Å². The first-order valence-corrected chi connectivity index (χ1v) is 8.37. The predicted molar refractivity (Wildman–Crippen MR) is 88.9 cm³/mol. The highest BCUT2D eigenvalue weighted by Gasteiger charge is 2.38. The van der Waals surface area contributed by atoms with Crippen molar-refractivity contribution < 1.29 is 24.1 Å². The number of hydrogen-bond acceptors (Lipinski definition) is 7. The largest absolute Gasteiger partial charge is 0.348 e. The van der Waals surface area contributed by atoms with Gasteiger partial charge < -0.3 is 14.4 Å². The normalized spacial score (nSPS) is 21.0. The lowest BCUT2D eigenvalue weighted by atomic mass is 9.98. The smallest absolute Gasteiger partial charge is 0.279 e. The van der Waals surface area contributed by atoms with Crippen molar-refractivity contribution in [2.75, 3.05) is 19.8 Å². The third-order valence-electron chi connectivity index (χ3n) is 4.77. The van der Waals surface area contributed by atoms with E-state index in [-0.39, 0.29) is 17.2 Å². The van der Waals surface area contributed by atoms with Crippen LogP contribution in [0, 0.1) is 27.2 Å². The molecule has 2 fully saturated rings. The Morgan fingerprint density at radius 2 is 1.85 bits per heavy atom. The van der Waals surface area contributed by atoms with Crippen LogP contribution in [0.15, 0.2) is 12.1 Å². The van der Waals surface area contributed by atoms with Gasteiger partial charge in [0.25, 0.3) is 17.3 Å². The Hall–Kier alpha value is -2.59. The molecule has 26 heavy (non-hydrogen) atoms. The summed E-state index contributed by atoms with van der Waals surface area (Å²) in [7, 11) is 0. The van der Waals surface area contributed by atoms with Crippen LogP contribution < -0.4 is 0 Å². The molecule has 0 N–H and O–H groups in total. The minimum absolute atomic E-state index is 0.0317. The molecule has 2 aliphatic rings. The maximum Gasteiger partial charge on any atom is 0.279 e. The third kappa shape index (κ3) is 3.37. The van der Waals surface area contributed by atoms with E-state index in [2.05, 4.69) is 0 Å². The number of rotatable bonds is 4. The number of ether oxygens (including phenoxy) is 2. The molecule has 0 aliphatic carbocycles. The Kier molecular flexibility index (Phi) is 5.14. The Morgan fingerprint density at radius 1 is 1.15 bits per heavy atom. The second kappa shape index (κ2) is 7.34. The first-order valence-electron chi connectivity index (χ1n) is 8.37. The van der Waals surface area contributed by atoms with Gasteiger partial charge in [0.15, 0.2) is 6.29 Å². The highest BCUT2D eigenvalue weighted by molar-refractivity contribution is 5.97. The average molecular weight is 365 g/mol. The fraction of sp³-hybridized carbons (Fsp3) is 0.562. The molecule has 0 radical (unpaired) electrons. The summed E-state index contributed by atoms with van der Waals surface area (Å²) in [5, 5.41) is 22.4. The van der Waals surface area contributed by atoms with Gasteiger partial charge in [-0.25, -0.2) is 0 Å². The van der Waals surface area contributed by atoms with Crippen molar-refractivity contribution in [3.05, 3.63) is 43.5 Å². The van der Waals surface area contributed by atoms with E-state index in [1.165, 1.54) is 6.92 Å². The second-order valence-corrected chi connectivity index (χ2v) is 6.32. The van der Waals surface area contributed by atoms with Crippen LogP contribution in [0.2, 0.25) is 0 Å². The molecule has 10 heteroatoms. The zero-order chi connectivity index (χ0) is 18.8. The molecule has 0 saturated carbocycles. The van der Waals surface area contributed by atoms with Crippen LogP contribution in [-0.2, 0) is 9.47 Å². The quantitative estimate of drug-likeness (QED) is 0.591. The molecule has 1 amide bonds. The summed E-state index contributed by atoms with van der Waals surface area (Å²) in [4.78, 5) is 35.6. The van der Waals surface area contributed by atoms with E-state index in [0.717, 1.165) is 25.0 Å². The van der Waals surface area contributed by atoms with E-state index in [4.69, 9.17) is 9.47 Å². The minimum Gasteiger partial charge on any atom is -0.348 e.